The number of benzene rings is 4. The lowest BCUT2D eigenvalue weighted by molar-refractivity contribution is -0.139. The minimum absolute atomic E-state index is 0.0657. The first-order chi connectivity index (χ1) is 20.1. The van der Waals surface area contributed by atoms with Crippen molar-refractivity contribution in [3.05, 3.63) is 131 Å². The van der Waals surface area contributed by atoms with Gasteiger partial charge in [0.2, 0.25) is 11.8 Å². The molecule has 1 unspecified atom stereocenters. The van der Waals surface area contributed by atoms with Crippen LogP contribution in [0.4, 0.5) is 14.5 Å². The number of carbonyl (C=O) groups is 2. The molecule has 0 spiro atoms. The Kier molecular flexibility index (Phi) is 9.92. The molecule has 0 aromatic heterocycles. The predicted octanol–water partition coefficient (Wildman–Crippen LogP) is 5.20. The molecule has 0 saturated heterocycles. The largest absolute Gasteiger partial charge is 0.357 e. The number of nitrogens with one attached hydrogen (secondary N) is 1. The Morgan fingerprint density at radius 1 is 0.857 bits per heavy atom. The summed E-state index contributed by atoms with van der Waals surface area (Å²) in [7, 11) is -2.96. The summed E-state index contributed by atoms with van der Waals surface area (Å²) in [6.45, 7) is -1.10. The Morgan fingerprint density at radius 2 is 1.48 bits per heavy atom. The third-order valence-corrected chi connectivity index (χ3v) is 8.69. The molecule has 4 rings (SSSR count). The Labute approximate surface area is 248 Å². The fraction of sp³-hybridized carbons (Fsp3) is 0.161. The summed E-state index contributed by atoms with van der Waals surface area (Å²) >= 11 is 5.99. The number of anilines is 1. The first-order valence-corrected chi connectivity index (χ1v) is 14.7. The van der Waals surface area contributed by atoms with Crippen LogP contribution in [0, 0.1) is 11.6 Å². The summed E-state index contributed by atoms with van der Waals surface area (Å²) in [5, 5.41) is 2.21. The van der Waals surface area contributed by atoms with E-state index >= 15 is 0 Å². The van der Waals surface area contributed by atoms with E-state index in [1.807, 2.05) is 0 Å². The second-order valence-electron chi connectivity index (χ2n) is 9.36. The summed E-state index contributed by atoms with van der Waals surface area (Å²) in [6, 6.07) is 24.3. The highest BCUT2D eigenvalue weighted by Crippen LogP contribution is 2.28. The topological polar surface area (TPSA) is 86.8 Å². The highest BCUT2D eigenvalue weighted by Gasteiger charge is 2.34. The minimum atomic E-state index is -4.37. The highest BCUT2D eigenvalue weighted by molar-refractivity contribution is 7.92. The van der Waals surface area contributed by atoms with Crippen LogP contribution in [0.25, 0.3) is 0 Å². The number of halogens is 3. The van der Waals surface area contributed by atoms with Crippen LogP contribution < -0.4 is 9.62 Å². The molecule has 2 amide bonds. The zero-order valence-electron chi connectivity index (χ0n) is 22.6. The van der Waals surface area contributed by atoms with E-state index in [0.717, 1.165) is 26.9 Å². The quantitative estimate of drug-likeness (QED) is 0.253. The van der Waals surface area contributed by atoms with Gasteiger partial charge in [0.05, 0.1) is 15.6 Å². The SMILES string of the molecule is CNC(=O)C(Cc1ccccc1)N(Cc1ccccc1F)C(=O)CN(c1ccc(F)c(Cl)c1)S(=O)(=O)c1ccccc1. The van der Waals surface area contributed by atoms with Crippen molar-refractivity contribution in [2.24, 2.45) is 0 Å². The highest BCUT2D eigenvalue weighted by atomic mass is 35.5. The summed E-state index contributed by atoms with van der Waals surface area (Å²) in [5.41, 5.74) is 0.801. The van der Waals surface area contributed by atoms with Crippen molar-refractivity contribution < 1.29 is 26.8 Å². The van der Waals surface area contributed by atoms with Gasteiger partial charge in [-0.15, -0.1) is 0 Å². The van der Waals surface area contributed by atoms with Crippen LogP contribution in [-0.4, -0.2) is 44.8 Å². The normalized spacial score (nSPS) is 11.9. The van der Waals surface area contributed by atoms with E-state index in [9.17, 15) is 26.8 Å². The van der Waals surface area contributed by atoms with E-state index in [2.05, 4.69) is 5.32 Å². The van der Waals surface area contributed by atoms with Crippen LogP contribution in [0.5, 0.6) is 0 Å². The van der Waals surface area contributed by atoms with Gasteiger partial charge in [-0.1, -0.05) is 78.3 Å². The van der Waals surface area contributed by atoms with Gasteiger partial charge in [-0.3, -0.25) is 13.9 Å². The standard InChI is InChI=1S/C31H28ClF2N3O4S/c1-35-31(39)29(18-22-10-4-2-5-11-22)36(20-23-12-8-9-15-27(23)33)30(38)21-37(24-16-17-28(34)26(32)19-24)42(40,41)25-13-6-3-7-14-25/h2-17,19,29H,18,20-21H2,1H3,(H,35,39). The second-order valence-corrected chi connectivity index (χ2v) is 11.6. The molecule has 7 nitrogen and oxygen atoms in total. The molecule has 11 heteroatoms. The van der Waals surface area contributed by atoms with Gasteiger partial charge in [-0.2, -0.15) is 0 Å². The van der Waals surface area contributed by atoms with E-state index in [0.29, 0.717) is 0 Å². The van der Waals surface area contributed by atoms with E-state index in [1.54, 1.807) is 42.5 Å². The van der Waals surface area contributed by atoms with Crippen molar-refractivity contribution in [3.63, 3.8) is 0 Å². The van der Waals surface area contributed by atoms with Gasteiger partial charge in [-0.05, 0) is 42.0 Å². The van der Waals surface area contributed by atoms with Crippen molar-refractivity contribution in [2.75, 3.05) is 17.9 Å². The fourth-order valence-electron chi connectivity index (χ4n) is 4.42. The van der Waals surface area contributed by atoms with Gasteiger partial charge in [0, 0.05) is 25.6 Å². The van der Waals surface area contributed by atoms with E-state index in [1.165, 1.54) is 55.6 Å². The van der Waals surface area contributed by atoms with Crippen LogP contribution in [0.1, 0.15) is 11.1 Å². The molecule has 4 aromatic rings. The molecule has 1 N–H and O–H groups in total. The molecule has 0 radical (unpaired) electrons. The van der Waals surface area contributed by atoms with Crippen LogP contribution >= 0.6 is 11.6 Å². The number of amides is 2. The Hall–Kier alpha value is -4.28. The maximum atomic E-state index is 14.8. The van der Waals surface area contributed by atoms with Gasteiger partial charge in [0.15, 0.2) is 0 Å². The molecule has 42 heavy (non-hydrogen) atoms. The molecule has 0 saturated carbocycles. The first kappa shape index (κ1) is 30.7. The molecule has 0 aliphatic rings. The maximum absolute atomic E-state index is 14.8. The number of likely N-dealkylation sites (N-methyl/N-ethyl adjacent to an activating group) is 1. The third-order valence-electron chi connectivity index (χ3n) is 6.62. The van der Waals surface area contributed by atoms with Crippen LogP contribution in [-0.2, 0) is 32.6 Å². The molecule has 0 aliphatic heterocycles. The molecule has 0 bridgehead atoms. The van der Waals surface area contributed by atoms with Gasteiger partial charge >= 0.3 is 0 Å². The number of hydrogen-bond donors (Lipinski definition) is 1. The molecular formula is C31H28ClF2N3O4S. The van der Waals surface area contributed by atoms with Crippen molar-refractivity contribution in [1.29, 1.82) is 0 Å². The zero-order valence-corrected chi connectivity index (χ0v) is 24.2. The number of sulfonamides is 1. The number of hydrogen-bond acceptors (Lipinski definition) is 4. The van der Waals surface area contributed by atoms with Gasteiger partial charge in [0.25, 0.3) is 10.0 Å². The second kappa shape index (κ2) is 13.6. The molecule has 4 aromatic carbocycles. The van der Waals surface area contributed by atoms with E-state index in [-0.39, 0.29) is 34.1 Å². The van der Waals surface area contributed by atoms with Crippen LogP contribution in [0.15, 0.2) is 108 Å². The minimum Gasteiger partial charge on any atom is -0.357 e. The molecule has 0 heterocycles. The zero-order chi connectivity index (χ0) is 30.3. The fourth-order valence-corrected chi connectivity index (χ4v) is 6.02. The van der Waals surface area contributed by atoms with Crippen LogP contribution in [0.3, 0.4) is 0 Å². The Bertz CT molecular complexity index is 1660. The van der Waals surface area contributed by atoms with Crippen molar-refractivity contribution in [3.8, 4) is 0 Å². The smallest absolute Gasteiger partial charge is 0.264 e. The first-order valence-electron chi connectivity index (χ1n) is 12.9. The van der Waals surface area contributed by atoms with E-state index in [4.69, 9.17) is 11.6 Å². The van der Waals surface area contributed by atoms with Gasteiger partial charge < -0.3 is 10.2 Å². The summed E-state index contributed by atoms with van der Waals surface area (Å²) in [4.78, 5) is 28.4. The Morgan fingerprint density at radius 3 is 2.10 bits per heavy atom. The molecule has 0 fully saturated rings. The molecular weight excluding hydrogens is 584 g/mol. The summed E-state index contributed by atoms with van der Waals surface area (Å²) in [5.74, 6) is -2.68. The number of nitrogens with zero attached hydrogens (tertiary/aromatic N) is 2. The number of carbonyl (C=O) groups excluding carboxylic acids is 2. The van der Waals surface area contributed by atoms with Crippen molar-refractivity contribution in [1.82, 2.24) is 10.2 Å². The van der Waals surface area contributed by atoms with Crippen molar-refractivity contribution >= 4 is 39.1 Å². The third kappa shape index (κ3) is 7.13. The molecule has 218 valence electrons. The average Bonchev–Trinajstić information content (AvgIpc) is 3.00. The van der Waals surface area contributed by atoms with Crippen molar-refractivity contribution in [2.45, 2.75) is 23.9 Å². The summed E-state index contributed by atoms with van der Waals surface area (Å²) < 4.78 is 57.3. The van der Waals surface area contributed by atoms with Gasteiger partial charge in [0.1, 0.15) is 24.2 Å². The molecule has 0 aliphatic carbocycles. The Balaban J connectivity index is 1.81. The lowest BCUT2D eigenvalue weighted by atomic mass is 10.0. The number of rotatable bonds is 11. The lowest BCUT2D eigenvalue weighted by Crippen LogP contribution is -2.53. The lowest BCUT2D eigenvalue weighted by Gasteiger charge is -2.33. The van der Waals surface area contributed by atoms with Crippen LogP contribution in [0.2, 0.25) is 5.02 Å². The van der Waals surface area contributed by atoms with E-state index < -0.39 is 46.1 Å². The predicted molar refractivity (Wildman–Crippen MR) is 157 cm³/mol. The average molecular weight is 612 g/mol. The summed E-state index contributed by atoms with van der Waals surface area (Å²) in [6.07, 6.45) is 0.0779. The maximum Gasteiger partial charge on any atom is 0.264 e. The monoisotopic (exact) mass is 611 g/mol. The molecule has 1 atom stereocenters. The van der Waals surface area contributed by atoms with Gasteiger partial charge in [-0.25, -0.2) is 17.2 Å².